The Balaban J connectivity index is 1.35. The van der Waals surface area contributed by atoms with E-state index in [1.807, 2.05) is 50.2 Å². The van der Waals surface area contributed by atoms with Crippen molar-refractivity contribution in [2.75, 3.05) is 17.2 Å². The molecule has 3 amide bonds. The lowest BCUT2D eigenvalue weighted by Gasteiger charge is -2.29. The fourth-order valence-corrected chi connectivity index (χ4v) is 7.77. The quantitative estimate of drug-likeness (QED) is 0.166. The first-order valence-corrected chi connectivity index (χ1v) is 18.4. The molecule has 0 radical (unpaired) electrons. The van der Waals surface area contributed by atoms with E-state index in [1.54, 1.807) is 60.4 Å². The van der Waals surface area contributed by atoms with E-state index in [2.05, 4.69) is 15.4 Å². The van der Waals surface area contributed by atoms with Crippen LogP contribution < -0.4 is 20.3 Å². The molecular formula is C37H40N4O6S2. The Morgan fingerprint density at radius 3 is 2.31 bits per heavy atom. The van der Waals surface area contributed by atoms with Crippen molar-refractivity contribution in [3.05, 3.63) is 114 Å². The van der Waals surface area contributed by atoms with Crippen molar-refractivity contribution in [3.63, 3.8) is 0 Å². The van der Waals surface area contributed by atoms with Crippen molar-refractivity contribution in [2.45, 2.75) is 61.2 Å². The normalized spacial score (nSPS) is 15.6. The van der Waals surface area contributed by atoms with Gasteiger partial charge in [0.1, 0.15) is 6.04 Å². The van der Waals surface area contributed by atoms with Gasteiger partial charge in [-0.2, -0.15) is 0 Å². The number of sulfonamides is 1. The van der Waals surface area contributed by atoms with Crippen LogP contribution in [0.3, 0.4) is 0 Å². The van der Waals surface area contributed by atoms with Crippen LogP contribution in [-0.2, 0) is 26.2 Å². The molecule has 0 saturated heterocycles. The Labute approximate surface area is 291 Å². The van der Waals surface area contributed by atoms with E-state index in [0.29, 0.717) is 23.4 Å². The first-order valence-electron chi connectivity index (χ1n) is 15.9. The zero-order chi connectivity index (χ0) is 35.2. The molecule has 12 heteroatoms. The fraction of sp³-hybridized carbons (Fsp3) is 0.270. The maximum absolute atomic E-state index is 14.0. The summed E-state index contributed by atoms with van der Waals surface area (Å²) in [6.07, 6.45) is -0.436. The number of hydrogen-bond acceptors (Lipinski definition) is 8. The second-order valence-electron chi connectivity index (χ2n) is 12.6. The molecule has 0 saturated carbocycles. The number of aliphatic hydroxyl groups is 1. The lowest BCUT2D eigenvalue weighted by atomic mass is 9.99. The second-order valence-corrected chi connectivity index (χ2v) is 15.3. The summed E-state index contributed by atoms with van der Waals surface area (Å²) in [6, 6.07) is 28.7. The molecule has 4 N–H and O–H groups in total. The summed E-state index contributed by atoms with van der Waals surface area (Å²) < 4.78 is 28.9. The van der Waals surface area contributed by atoms with Gasteiger partial charge in [0.15, 0.2) is 0 Å². The first kappa shape index (κ1) is 35.8. The molecule has 0 unspecified atom stereocenters. The van der Waals surface area contributed by atoms with E-state index in [4.69, 9.17) is 0 Å². The van der Waals surface area contributed by atoms with Crippen LogP contribution in [0.1, 0.15) is 43.1 Å². The molecule has 10 nitrogen and oxygen atoms in total. The smallest absolute Gasteiger partial charge is 0.264 e. The average molecular weight is 701 g/mol. The number of nitrogens with one attached hydrogen (secondary N) is 3. The van der Waals surface area contributed by atoms with Gasteiger partial charge in [0.2, 0.25) is 5.91 Å². The lowest BCUT2D eigenvalue weighted by molar-refractivity contribution is -0.127. The van der Waals surface area contributed by atoms with Crippen LogP contribution in [0.25, 0.3) is 11.1 Å². The molecule has 2 atom stereocenters. The Morgan fingerprint density at radius 2 is 1.59 bits per heavy atom. The van der Waals surface area contributed by atoms with Crippen molar-refractivity contribution in [1.82, 2.24) is 15.4 Å². The number of benzene rings is 4. The predicted molar refractivity (Wildman–Crippen MR) is 192 cm³/mol. The van der Waals surface area contributed by atoms with Crippen molar-refractivity contribution in [1.29, 1.82) is 0 Å². The van der Waals surface area contributed by atoms with E-state index in [0.717, 1.165) is 16.1 Å². The zero-order valence-corrected chi connectivity index (χ0v) is 29.2. The van der Waals surface area contributed by atoms with Gasteiger partial charge in [-0.05, 0) is 62.2 Å². The van der Waals surface area contributed by atoms with Crippen LogP contribution in [0.4, 0.5) is 5.69 Å². The highest BCUT2D eigenvalue weighted by atomic mass is 32.2. The Bertz CT molecular complexity index is 1910. The van der Waals surface area contributed by atoms with Crippen LogP contribution in [0.2, 0.25) is 0 Å². The standard InChI is InChI=1S/C37H40N4O6S2/c1-25(42)22-38-37(2,3)21-34(43)39-30-24-48-32-15-9-8-14-31(32)41(36(30)45)23-26-17-19-27(20-18-26)29-13-7-10-16-33(29)49(46,47)40-35(44)28-11-5-4-6-12-28/h4-20,25,30,38,42H,21-24H2,1-3H3,(H,39,43)(H,40,44)/t25-,30-/m1/s1. The van der Waals surface area contributed by atoms with Crippen LogP contribution in [-0.4, -0.2) is 61.2 Å². The molecular weight excluding hydrogens is 661 g/mol. The van der Waals surface area contributed by atoms with Crippen molar-refractivity contribution in [2.24, 2.45) is 0 Å². The number of anilines is 1. The highest BCUT2D eigenvalue weighted by molar-refractivity contribution is 7.99. The third-order valence-electron chi connectivity index (χ3n) is 7.98. The van der Waals surface area contributed by atoms with Gasteiger partial charge in [-0.15, -0.1) is 11.8 Å². The number of rotatable bonds is 12. The van der Waals surface area contributed by atoms with Gasteiger partial charge in [0.25, 0.3) is 21.8 Å². The molecule has 4 aromatic rings. The third-order valence-corrected chi connectivity index (χ3v) is 10.5. The molecule has 0 spiro atoms. The van der Waals surface area contributed by atoms with Crippen LogP contribution in [0.5, 0.6) is 0 Å². The maximum Gasteiger partial charge on any atom is 0.264 e. The Kier molecular flexibility index (Phi) is 11.2. The SMILES string of the molecule is C[C@@H](O)CNC(C)(C)CC(=O)N[C@@H]1CSc2ccccc2N(Cc2ccc(-c3ccccc3S(=O)(=O)NC(=O)c3ccccc3)cc2)C1=O. The largest absolute Gasteiger partial charge is 0.392 e. The highest BCUT2D eigenvalue weighted by Gasteiger charge is 2.33. The monoisotopic (exact) mass is 700 g/mol. The number of thioether (sulfide) groups is 1. The molecule has 0 aliphatic carbocycles. The van der Waals surface area contributed by atoms with E-state index >= 15 is 0 Å². The number of para-hydroxylation sites is 1. The molecule has 0 bridgehead atoms. The number of hydrogen-bond donors (Lipinski definition) is 4. The molecule has 0 aromatic heterocycles. The number of nitrogens with zero attached hydrogens (tertiary/aromatic N) is 1. The summed E-state index contributed by atoms with van der Waals surface area (Å²) in [5, 5.41) is 15.8. The van der Waals surface area contributed by atoms with Crippen molar-refractivity contribution < 1.29 is 27.9 Å². The van der Waals surface area contributed by atoms with Gasteiger partial charge in [-0.25, -0.2) is 13.1 Å². The van der Waals surface area contributed by atoms with Gasteiger partial charge in [-0.1, -0.05) is 72.8 Å². The molecule has 0 fully saturated rings. The molecule has 5 rings (SSSR count). The Morgan fingerprint density at radius 1 is 0.939 bits per heavy atom. The topological polar surface area (TPSA) is 145 Å². The molecule has 1 heterocycles. The van der Waals surface area contributed by atoms with Crippen molar-refractivity contribution >= 4 is 45.2 Å². The number of carbonyl (C=O) groups is 3. The summed E-state index contributed by atoms with van der Waals surface area (Å²) in [5.41, 5.74) is 2.22. The fourth-order valence-electron chi connectivity index (χ4n) is 5.49. The average Bonchev–Trinajstić information content (AvgIpc) is 3.20. The van der Waals surface area contributed by atoms with E-state index in [-0.39, 0.29) is 35.2 Å². The van der Waals surface area contributed by atoms with E-state index in [1.165, 1.54) is 30.0 Å². The first-order chi connectivity index (χ1) is 23.3. The number of carbonyl (C=O) groups excluding carboxylic acids is 3. The molecule has 49 heavy (non-hydrogen) atoms. The predicted octanol–water partition coefficient (Wildman–Crippen LogP) is 4.74. The zero-order valence-electron chi connectivity index (χ0n) is 27.6. The van der Waals surface area contributed by atoms with Crippen LogP contribution in [0.15, 0.2) is 113 Å². The number of fused-ring (bicyclic) bond motifs is 1. The second kappa shape index (κ2) is 15.4. The van der Waals surface area contributed by atoms with Crippen molar-refractivity contribution in [3.8, 4) is 11.1 Å². The van der Waals surface area contributed by atoms with Gasteiger partial charge in [-0.3, -0.25) is 14.4 Å². The summed E-state index contributed by atoms with van der Waals surface area (Å²) in [6.45, 7) is 5.98. The van der Waals surface area contributed by atoms with Gasteiger partial charge in [0.05, 0.1) is 23.2 Å². The molecule has 4 aromatic carbocycles. The molecule has 256 valence electrons. The molecule has 1 aliphatic rings. The van der Waals surface area contributed by atoms with E-state index < -0.39 is 33.6 Å². The summed E-state index contributed by atoms with van der Waals surface area (Å²) in [4.78, 5) is 42.4. The number of aliphatic hydroxyl groups excluding tert-OH is 1. The van der Waals surface area contributed by atoms with Crippen LogP contribution in [0, 0.1) is 0 Å². The maximum atomic E-state index is 14.0. The summed E-state index contributed by atoms with van der Waals surface area (Å²) in [5.74, 6) is -0.872. The third kappa shape index (κ3) is 9.15. The highest BCUT2D eigenvalue weighted by Crippen LogP contribution is 2.36. The summed E-state index contributed by atoms with van der Waals surface area (Å²) in [7, 11) is -4.20. The van der Waals surface area contributed by atoms with Crippen LogP contribution >= 0.6 is 11.8 Å². The Hall–Kier alpha value is -4.49. The van der Waals surface area contributed by atoms with E-state index in [9.17, 15) is 27.9 Å². The lowest BCUT2D eigenvalue weighted by Crippen LogP contribution is -2.52. The van der Waals surface area contributed by atoms with Gasteiger partial charge in [0, 0.05) is 40.3 Å². The summed E-state index contributed by atoms with van der Waals surface area (Å²) >= 11 is 1.50. The van der Waals surface area contributed by atoms with Gasteiger partial charge < -0.3 is 20.6 Å². The number of β-amino-alcohol motifs (C(OH)–C–C–N with tert-alkyl or cyclic N) is 1. The minimum atomic E-state index is -4.20. The molecule has 1 aliphatic heterocycles. The minimum absolute atomic E-state index is 0.0384. The minimum Gasteiger partial charge on any atom is -0.392 e. The van der Waals surface area contributed by atoms with Gasteiger partial charge >= 0.3 is 0 Å². The number of amides is 3.